The van der Waals surface area contributed by atoms with Crippen LogP contribution in [-0.2, 0) is 9.53 Å². The van der Waals surface area contributed by atoms with Crippen LogP contribution in [0.5, 0.6) is 0 Å². The second-order valence-corrected chi connectivity index (χ2v) is 6.58. The molecule has 19 heavy (non-hydrogen) atoms. The monoisotopic (exact) mass is 285 g/mol. The van der Waals surface area contributed by atoms with Crippen LogP contribution in [0.25, 0.3) is 0 Å². The number of hydrogen-bond donors (Lipinski definition) is 1. The third kappa shape index (κ3) is 3.86. The Morgan fingerprint density at radius 3 is 2.68 bits per heavy atom. The first-order chi connectivity index (χ1) is 9.08. The van der Waals surface area contributed by atoms with Gasteiger partial charge in [-0.3, -0.25) is 9.79 Å². The highest BCUT2D eigenvalue weighted by atomic mass is 32.2. The topological polar surface area (TPSA) is 53.9 Å². The van der Waals surface area contributed by atoms with Crippen molar-refractivity contribution in [2.75, 3.05) is 32.8 Å². The Kier molecular flexibility index (Phi) is 5.10. The summed E-state index contributed by atoms with van der Waals surface area (Å²) in [5, 5.41) is 4.69. The summed E-state index contributed by atoms with van der Waals surface area (Å²) >= 11 is 1.75. The average molecular weight is 285 g/mol. The van der Waals surface area contributed by atoms with E-state index in [1.165, 1.54) is 0 Å². The minimum atomic E-state index is -0.213. The number of morpholine rings is 1. The Balaban J connectivity index is 1.80. The van der Waals surface area contributed by atoms with E-state index in [0.29, 0.717) is 37.5 Å². The SMILES string of the molecule is CC(NC1=NCC(C(C)C)S1)C(=O)N1CCOCC1. The van der Waals surface area contributed by atoms with Crippen molar-refractivity contribution in [1.82, 2.24) is 10.2 Å². The van der Waals surface area contributed by atoms with E-state index in [1.807, 2.05) is 11.8 Å². The fourth-order valence-corrected chi connectivity index (χ4v) is 3.22. The maximum absolute atomic E-state index is 12.2. The van der Waals surface area contributed by atoms with Gasteiger partial charge in [0, 0.05) is 18.3 Å². The summed E-state index contributed by atoms with van der Waals surface area (Å²) in [5.74, 6) is 0.748. The lowest BCUT2D eigenvalue weighted by Gasteiger charge is -2.29. The highest BCUT2D eigenvalue weighted by Gasteiger charge is 2.27. The lowest BCUT2D eigenvalue weighted by Crippen LogP contribution is -2.50. The van der Waals surface area contributed by atoms with Gasteiger partial charge in [0.05, 0.1) is 19.8 Å². The van der Waals surface area contributed by atoms with E-state index in [-0.39, 0.29) is 11.9 Å². The van der Waals surface area contributed by atoms with Crippen LogP contribution in [-0.4, -0.2) is 60.1 Å². The van der Waals surface area contributed by atoms with Crippen molar-refractivity contribution in [3.8, 4) is 0 Å². The molecule has 1 amide bonds. The molecule has 2 aliphatic rings. The number of amides is 1. The van der Waals surface area contributed by atoms with Crippen LogP contribution in [0.4, 0.5) is 0 Å². The van der Waals surface area contributed by atoms with Gasteiger partial charge in [-0.25, -0.2) is 0 Å². The zero-order valence-electron chi connectivity index (χ0n) is 11.9. The fraction of sp³-hybridized carbons (Fsp3) is 0.846. The van der Waals surface area contributed by atoms with E-state index < -0.39 is 0 Å². The van der Waals surface area contributed by atoms with E-state index in [0.717, 1.165) is 11.7 Å². The molecule has 6 heteroatoms. The second-order valence-electron chi connectivity index (χ2n) is 5.35. The summed E-state index contributed by atoms with van der Waals surface area (Å²) in [4.78, 5) is 18.6. The number of aliphatic imine (C=N–C) groups is 1. The standard InChI is InChI=1S/C13H23N3O2S/c1-9(2)11-8-14-13(19-11)15-10(3)12(17)16-4-6-18-7-5-16/h9-11H,4-8H2,1-3H3,(H,14,15). The number of carbonyl (C=O) groups is 1. The zero-order valence-corrected chi connectivity index (χ0v) is 12.7. The molecular formula is C13H23N3O2S. The largest absolute Gasteiger partial charge is 0.378 e. The first-order valence-corrected chi connectivity index (χ1v) is 7.80. The summed E-state index contributed by atoms with van der Waals surface area (Å²) in [5.41, 5.74) is 0. The smallest absolute Gasteiger partial charge is 0.244 e. The quantitative estimate of drug-likeness (QED) is 0.839. The van der Waals surface area contributed by atoms with E-state index >= 15 is 0 Å². The molecule has 2 aliphatic heterocycles. The molecule has 0 aromatic heterocycles. The van der Waals surface area contributed by atoms with Crippen LogP contribution in [0.3, 0.4) is 0 Å². The summed E-state index contributed by atoms with van der Waals surface area (Å²) < 4.78 is 5.26. The Hall–Kier alpha value is -0.750. The molecule has 5 nitrogen and oxygen atoms in total. The highest BCUT2D eigenvalue weighted by Crippen LogP contribution is 2.26. The molecular weight excluding hydrogens is 262 g/mol. The van der Waals surface area contributed by atoms with Gasteiger partial charge in [0.25, 0.3) is 0 Å². The molecule has 0 aliphatic carbocycles. The number of thioether (sulfide) groups is 1. The molecule has 108 valence electrons. The number of nitrogens with one attached hydrogen (secondary N) is 1. The van der Waals surface area contributed by atoms with E-state index in [2.05, 4.69) is 24.2 Å². The number of ether oxygens (including phenoxy) is 1. The Bertz CT molecular complexity index is 354. The molecule has 2 atom stereocenters. The number of carbonyl (C=O) groups excluding carboxylic acids is 1. The van der Waals surface area contributed by atoms with Crippen LogP contribution >= 0.6 is 11.8 Å². The lowest BCUT2D eigenvalue weighted by atomic mass is 10.1. The number of amidine groups is 1. The molecule has 2 heterocycles. The number of rotatable bonds is 3. The summed E-state index contributed by atoms with van der Waals surface area (Å²) in [6.07, 6.45) is 0. The molecule has 0 aromatic rings. The minimum absolute atomic E-state index is 0.139. The predicted molar refractivity (Wildman–Crippen MR) is 78.5 cm³/mol. The number of hydrogen-bond acceptors (Lipinski definition) is 5. The molecule has 0 saturated carbocycles. The Labute approximate surface area is 119 Å². The van der Waals surface area contributed by atoms with E-state index in [4.69, 9.17) is 4.74 Å². The van der Waals surface area contributed by atoms with Crippen LogP contribution in [0.1, 0.15) is 20.8 Å². The molecule has 1 fully saturated rings. The van der Waals surface area contributed by atoms with Crippen molar-refractivity contribution in [1.29, 1.82) is 0 Å². The van der Waals surface area contributed by atoms with Gasteiger partial charge in [-0.15, -0.1) is 0 Å². The van der Waals surface area contributed by atoms with Crippen LogP contribution in [0, 0.1) is 5.92 Å². The third-order valence-corrected chi connectivity index (χ3v) is 4.92. The normalized spacial score (nSPS) is 25.4. The van der Waals surface area contributed by atoms with Crippen molar-refractivity contribution in [2.45, 2.75) is 32.1 Å². The fourth-order valence-electron chi connectivity index (χ4n) is 2.12. The average Bonchev–Trinajstić information content (AvgIpc) is 2.87. The Morgan fingerprint density at radius 2 is 2.11 bits per heavy atom. The molecule has 0 radical (unpaired) electrons. The lowest BCUT2D eigenvalue weighted by molar-refractivity contribution is -0.136. The van der Waals surface area contributed by atoms with E-state index in [1.54, 1.807) is 11.8 Å². The van der Waals surface area contributed by atoms with Crippen molar-refractivity contribution < 1.29 is 9.53 Å². The van der Waals surface area contributed by atoms with Crippen molar-refractivity contribution in [3.63, 3.8) is 0 Å². The molecule has 1 saturated heterocycles. The first-order valence-electron chi connectivity index (χ1n) is 6.92. The first kappa shape index (κ1) is 14.7. The summed E-state index contributed by atoms with van der Waals surface area (Å²) in [6, 6.07) is -0.213. The van der Waals surface area contributed by atoms with Crippen LogP contribution < -0.4 is 5.32 Å². The molecule has 1 N–H and O–H groups in total. The zero-order chi connectivity index (χ0) is 13.8. The molecule has 2 rings (SSSR count). The predicted octanol–water partition coefficient (Wildman–Crippen LogP) is 0.951. The number of nitrogens with zero attached hydrogens (tertiary/aromatic N) is 2. The highest BCUT2D eigenvalue weighted by molar-refractivity contribution is 8.14. The van der Waals surface area contributed by atoms with Gasteiger partial charge >= 0.3 is 0 Å². The minimum Gasteiger partial charge on any atom is -0.378 e. The molecule has 2 unspecified atom stereocenters. The molecule has 0 spiro atoms. The maximum Gasteiger partial charge on any atom is 0.244 e. The van der Waals surface area contributed by atoms with Gasteiger partial charge in [-0.2, -0.15) is 0 Å². The maximum atomic E-state index is 12.2. The van der Waals surface area contributed by atoms with E-state index in [9.17, 15) is 4.79 Å². The van der Waals surface area contributed by atoms with Crippen molar-refractivity contribution in [3.05, 3.63) is 0 Å². The second kappa shape index (κ2) is 6.61. The molecule has 0 aromatic carbocycles. The van der Waals surface area contributed by atoms with Crippen LogP contribution in [0.2, 0.25) is 0 Å². The van der Waals surface area contributed by atoms with Gasteiger partial charge in [-0.1, -0.05) is 25.6 Å². The van der Waals surface area contributed by atoms with Crippen LogP contribution in [0.15, 0.2) is 4.99 Å². The van der Waals surface area contributed by atoms with Gasteiger partial charge in [-0.05, 0) is 12.8 Å². The van der Waals surface area contributed by atoms with Gasteiger partial charge in [0.2, 0.25) is 5.91 Å². The van der Waals surface area contributed by atoms with Crippen molar-refractivity contribution in [2.24, 2.45) is 10.9 Å². The van der Waals surface area contributed by atoms with Gasteiger partial charge in [0.15, 0.2) is 5.17 Å². The Morgan fingerprint density at radius 1 is 1.42 bits per heavy atom. The van der Waals surface area contributed by atoms with Gasteiger partial charge < -0.3 is 15.0 Å². The summed E-state index contributed by atoms with van der Waals surface area (Å²) in [6.45, 7) is 9.84. The summed E-state index contributed by atoms with van der Waals surface area (Å²) in [7, 11) is 0. The molecule has 0 bridgehead atoms. The van der Waals surface area contributed by atoms with Gasteiger partial charge in [0.1, 0.15) is 6.04 Å². The third-order valence-electron chi connectivity index (χ3n) is 3.45. The van der Waals surface area contributed by atoms with Crippen molar-refractivity contribution >= 4 is 22.8 Å².